The third-order valence-corrected chi connectivity index (χ3v) is 2.00. The molecule has 0 fully saturated rings. The van der Waals surface area contributed by atoms with Gasteiger partial charge in [0.15, 0.2) is 0 Å². The molecular weight excluding hydrogens is 227 g/mol. The SMILES string of the molecule is C#CCNc1cc(C(F)(F)F)ccc1Cl. The average molecular weight is 234 g/mol. The fourth-order valence-electron chi connectivity index (χ4n) is 0.983. The van der Waals surface area contributed by atoms with Gasteiger partial charge in [0.25, 0.3) is 0 Å². The first kappa shape index (κ1) is 11.7. The van der Waals surface area contributed by atoms with E-state index in [0.717, 1.165) is 12.1 Å². The zero-order valence-electron chi connectivity index (χ0n) is 7.53. The molecule has 1 nitrogen and oxygen atoms in total. The van der Waals surface area contributed by atoms with Gasteiger partial charge in [-0.3, -0.25) is 0 Å². The number of hydrogen-bond acceptors (Lipinski definition) is 1. The van der Waals surface area contributed by atoms with Gasteiger partial charge < -0.3 is 5.32 Å². The van der Waals surface area contributed by atoms with E-state index in [1.165, 1.54) is 6.07 Å². The van der Waals surface area contributed by atoms with Gasteiger partial charge in [-0.15, -0.1) is 6.42 Å². The Labute approximate surface area is 90.2 Å². The van der Waals surface area contributed by atoms with Crippen LogP contribution in [0.5, 0.6) is 0 Å². The van der Waals surface area contributed by atoms with E-state index in [1.54, 1.807) is 0 Å². The van der Waals surface area contributed by atoms with E-state index < -0.39 is 11.7 Å². The smallest absolute Gasteiger partial charge is 0.373 e. The highest BCUT2D eigenvalue weighted by Gasteiger charge is 2.30. The number of anilines is 1. The minimum absolute atomic E-state index is 0.126. The highest BCUT2D eigenvalue weighted by Crippen LogP contribution is 2.33. The van der Waals surface area contributed by atoms with Gasteiger partial charge >= 0.3 is 6.18 Å². The van der Waals surface area contributed by atoms with E-state index in [4.69, 9.17) is 18.0 Å². The van der Waals surface area contributed by atoms with Crippen molar-refractivity contribution in [3.63, 3.8) is 0 Å². The highest BCUT2D eigenvalue weighted by atomic mass is 35.5. The Balaban J connectivity index is 3.01. The molecule has 1 N–H and O–H groups in total. The van der Waals surface area contributed by atoms with Crippen LogP contribution in [-0.4, -0.2) is 6.54 Å². The van der Waals surface area contributed by atoms with E-state index in [-0.39, 0.29) is 17.3 Å². The van der Waals surface area contributed by atoms with Crippen molar-refractivity contribution >= 4 is 17.3 Å². The predicted octanol–water partition coefficient (Wildman–Crippen LogP) is 3.40. The average Bonchev–Trinajstić information content (AvgIpc) is 2.15. The molecule has 1 aromatic carbocycles. The molecule has 1 aromatic rings. The van der Waals surface area contributed by atoms with Crippen LogP contribution in [0.2, 0.25) is 5.02 Å². The maximum Gasteiger partial charge on any atom is 0.416 e. The summed E-state index contributed by atoms with van der Waals surface area (Å²) in [6.07, 6.45) is 0.595. The van der Waals surface area contributed by atoms with Gasteiger partial charge in [-0.25, -0.2) is 0 Å². The van der Waals surface area contributed by atoms with Gasteiger partial charge in [0.2, 0.25) is 0 Å². The first-order valence-electron chi connectivity index (χ1n) is 3.99. The summed E-state index contributed by atoms with van der Waals surface area (Å²) in [6, 6.07) is 3.03. The van der Waals surface area contributed by atoms with Crippen molar-refractivity contribution in [3.05, 3.63) is 28.8 Å². The maximum atomic E-state index is 12.3. The molecule has 15 heavy (non-hydrogen) atoms. The van der Waals surface area contributed by atoms with Crippen LogP contribution in [0.1, 0.15) is 5.56 Å². The Bertz CT molecular complexity index is 393. The van der Waals surface area contributed by atoms with Gasteiger partial charge in [-0.1, -0.05) is 17.5 Å². The van der Waals surface area contributed by atoms with Crippen LogP contribution in [0.25, 0.3) is 0 Å². The van der Waals surface area contributed by atoms with E-state index in [1.807, 2.05) is 0 Å². The Morgan fingerprint density at radius 2 is 2.07 bits per heavy atom. The van der Waals surface area contributed by atoms with Crippen molar-refractivity contribution in [2.75, 3.05) is 11.9 Å². The van der Waals surface area contributed by atoms with E-state index >= 15 is 0 Å². The molecule has 0 heterocycles. The fourth-order valence-corrected chi connectivity index (χ4v) is 1.17. The Morgan fingerprint density at radius 3 is 2.60 bits per heavy atom. The topological polar surface area (TPSA) is 12.0 Å². The Hall–Kier alpha value is -1.34. The molecule has 0 aromatic heterocycles. The lowest BCUT2D eigenvalue weighted by Crippen LogP contribution is -2.07. The number of alkyl halides is 3. The molecular formula is C10H7ClF3N. The second-order valence-corrected chi connectivity index (χ2v) is 3.16. The molecule has 0 aliphatic rings. The summed E-state index contributed by atoms with van der Waals surface area (Å²) >= 11 is 5.68. The quantitative estimate of drug-likeness (QED) is 0.772. The van der Waals surface area contributed by atoms with Crippen LogP contribution in [-0.2, 0) is 6.18 Å². The maximum absolute atomic E-state index is 12.3. The largest absolute Gasteiger partial charge is 0.416 e. The van der Waals surface area contributed by atoms with Gasteiger partial charge in [-0.2, -0.15) is 13.2 Å². The first-order valence-corrected chi connectivity index (χ1v) is 4.37. The molecule has 0 spiro atoms. The fraction of sp³-hybridized carbons (Fsp3) is 0.200. The minimum Gasteiger partial charge on any atom is -0.373 e. The van der Waals surface area contributed by atoms with E-state index in [9.17, 15) is 13.2 Å². The number of benzene rings is 1. The van der Waals surface area contributed by atoms with Crippen molar-refractivity contribution < 1.29 is 13.2 Å². The summed E-state index contributed by atoms with van der Waals surface area (Å²) < 4.78 is 36.9. The van der Waals surface area contributed by atoms with Crippen LogP contribution in [0, 0.1) is 12.3 Å². The zero-order chi connectivity index (χ0) is 11.5. The minimum atomic E-state index is -4.38. The Morgan fingerprint density at radius 1 is 1.40 bits per heavy atom. The van der Waals surface area contributed by atoms with Crippen LogP contribution >= 0.6 is 11.6 Å². The molecule has 0 aliphatic carbocycles. The van der Waals surface area contributed by atoms with Crippen molar-refractivity contribution in [2.45, 2.75) is 6.18 Å². The van der Waals surface area contributed by atoms with E-state index in [2.05, 4.69) is 11.2 Å². The third kappa shape index (κ3) is 3.07. The van der Waals surface area contributed by atoms with Gasteiger partial charge in [0.1, 0.15) is 0 Å². The lowest BCUT2D eigenvalue weighted by Gasteiger charge is -2.10. The number of rotatable bonds is 2. The molecule has 80 valence electrons. The van der Waals surface area contributed by atoms with Crippen molar-refractivity contribution in [1.82, 2.24) is 0 Å². The molecule has 0 saturated carbocycles. The molecule has 1 rings (SSSR count). The summed E-state index contributed by atoms with van der Waals surface area (Å²) in [7, 11) is 0. The number of hydrogen-bond donors (Lipinski definition) is 1. The molecule has 0 atom stereocenters. The second-order valence-electron chi connectivity index (χ2n) is 2.75. The van der Waals surface area contributed by atoms with Crippen molar-refractivity contribution in [1.29, 1.82) is 0 Å². The monoisotopic (exact) mass is 233 g/mol. The van der Waals surface area contributed by atoms with Gasteiger partial charge in [0.05, 0.1) is 22.8 Å². The summed E-state index contributed by atoms with van der Waals surface area (Å²) in [5.41, 5.74) is -0.573. The molecule has 0 amide bonds. The number of halogens is 4. The number of terminal acetylenes is 1. The zero-order valence-corrected chi connectivity index (χ0v) is 8.28. The van der Waals surface area contributed by atoms with Crippen molar-refractivity contribution in [3.8, 4) is 12.3 Å². The summed E-state index contributed by atoms with van der Waals surface area (Å²) in [5.74, 6) is 2.25. The molecule has 0 bridgehead atoms. The summed E-state index contributed by atoms with van der Waals surface area (Å²) in [6.45, 7) is 0.126. The highest BCUT2D eigenvalue weighted by molar-refractivity contribution is 6.33. The lowest BCUT2D eigenvalue weighted by molar-refractivity contribution is -0.137. The standard InChI is InChI=1S/C10H7ClF3N/c1-2-5-15-9-6-7(10(12,13)14)3-4-8(9)11/h1,3-4,6,15H,5H2. The number of nitrogens with one attached hydrogen (secondary N) is 1. The predicted molar refractivity (Wildman–Crippen MR) is 53.8 cm³/mol. The van der Waals surface area contributed by atoms with Gasteiger partial charge in [0, 0.05) is 0 Å². The Kier molecular flexibility index (Phi) is 3.48. The van der Waals surface area contributed by atoms with Crippen LogP contribution < -0.4 is 5.32 Å². The first-order chi connectivity index (χ1) is 6.95. The lowest BCUT2D eigenvalue weighted by atomic mass is 10.2. The normalized spacial score (nSPS) is 10.9. The summed E-state index contributed by atoms with van der Waals surface area (Å²) in [4.78, 5) is 0. The molecule has 0 aliphatic heterocycles. The van der Waals surface area contributed by atoms with Crippen molar-refractivity contribution in [2.24, 2.45) is 0 Å². The van der Waals surface area contributed by atoms with E-state index in [0.29, 0.717) is 0 Å². The molecule has 5 heteroatoms. The molecule has 0 saturated heterocycles. The third-order valence-electron chi connectivity index (χ3n) is 1.67. The summed E-state index contributed by atoms with van der Waals surface area (Å²) in [5, 5.41) is 2.81. The van der Waals surface area contributed by atoms with Crippen LogP contribution in [0.15, 0.2) is 18.2 Å². The van der Waals surface area contributed by atoms with Crippen LogP contribution in [0.3, 0.4) is 0 Å². The molecule has 0 unspecified atom stereocenters. The van der Waals surface area contributed by atoms with Gasteiger partial charge in [-0.05, 0) is 18.2 Å². The second kappa shape index (κ2) is 4.45. The molecule has 0 radical (unpaired) electrons. The van der Waals surface area contributed by atoms with Crippen LogP contribution in [0.4, 0.5) is 18.9 Å².